The van der Waals surface area contributed by atoms with E-state index in [4.69, 9.17) is 0 Å². The molecule has 7 heteroatoms. The van der Waals surface area contributed by atoms with Gasteiger partial charge < -0.3 is 9.88 Å². The minimum absolute atomic E-state index is 0.00796. The third-order valence-corrected chi connectivity index (χ3v) is 5.51. The first-order valence-corrected chi connectivity index (χ1v) is 10.5. The number of carbonyl (C=O) groups excluding carboxylic acids is 1. The van der Waals surface area contributed by atoms with Crippen molar-refractivity contribution in [3.05, 3.63) is 66.6 Å². The zero-order valence-corrected chi connectivity index (χ0v) is 16.4. The molecule has 6 nitrogen and oxygen atoms in total. The second-order valence-electron chi connectivity index (χ2n) is 6.44. The fourth-order valence-corrected chi connectivity index (χ4v) is 3.80. The SMILES string of the molecule is CC[C@@H](C)NC(=O)C[S@@](=O)Cc1cnn(-c2ccccc2)c1-n1cccc1. The molecule has 0 aliphatic rings. The van der Waals surface area contributed by atoms with Crippen LogP contribution in [0.25, 0.3) is 11.5 Å². The van der Waals surface area contributed by atoms with Crippen LogP contribution in [0.15, 0.2) is 61.1 Å². The average molecular weight is 385 g/mol. The van der Waals surface area contributed by atoms with Gasteiger partial charge in [0.15, 0.2) is 0 Å². The molecule has 3 aromatic rings. The fourth-order valence-electron chi connectivity index (χ4n) is 2.78. The molecule has 2 atom stereocenters. The number of aromatic nitrogens is 3. The Morgan fingerprint density at radius 3 is 2.56 bits per heavy atom. The molecule has 0 aliphatic heterocycles. The summed E-state index contributed by atoms with van der Waals surface area (Å²) in [5, 5.41) is 7.36. The maximum absolute atomic E-state index is 12.6. The summed E-state index contributed by atoms with van der Waals surface area (Å²) in [6, 6.07) is 13.8. The monoisotopic (exact) mass is 384 g/mol. The van der Waals surface area contributed by atoms with Crippen LogP contribution in [0, 0.1) is 0 Å². The van der Waals surface area contributed by atoms with E-state index in [-0.39, 0.29) is 23.5 Å². The molecule has 0 radical (unpaired) electrons. The van der Waals surface area contributed by atoms with Crippen LogP contribution in [0.1, 0.15) is 25.8 Å². The van der Waals surface area contributed by atoms with E-state index in [1.165, 1.54) is 0 Å². The lowest BCUT2D eigenvalue weighted by Crippen LogP contribution is -2.35. The molecule has 0 saturated heterocycles. The largest absolute Gasteiger partial charge is 0.353 e. The van der Waals surface area contributed by atoms with Gasteiger partial charge in [-0.1, -0.05) is 25.1 Å². The zero-order chi connectivity index (χ0) is 19.2. The Morgan fingerprint density at radius 2 is 1.89 bits per heavy atom. The van der Waals surface area contributed by atoms with E-state index >= 15 is 0 Å². The summed E-state index contributed by atoms with van der Waals surface area (Å²) < 4.78 is 16.3. The van der Waals surface area contributed by atoms with Gasteiger partial charge in [-0.15, -0.1) is 0 Å². The summed E-state index contributed by atoms with van der Waals surface area (Å²) >= 11 is 0. The second-order valence-corrected chi connectivity index (χ2v) is 7.89. The normalized spacial score (nSPS) is 13.3. The van der Waals surface area contributed by atoms with Crippen LogP contribution >= 0.6 is 0 Å². The highest BCUT2D eigenvalue weighted by Gasteiger charge is 2.18. The van der Waals surface area contributed by atoms with E-state index in [0.29, 0.717) is 0 Å². The summed E-state index contributed by atoms with van der Waals surface area (Å²) in [5.74, 6) is 0.919. The van der Waals surface area contributed by atoms with E-state index in [9.17, 15) is 9.00 Å². The number of hydrogen-bond donors (Lipinski definition) is 1. The van der Waals surface area contributed by atoms with Crippen LogP contribution in [0.4, 0.5) is 0 Å². The lowest BCUT2D eigenvalue weighted by molar-refractivity contribution is -0.119. The second kappa shape index (κ2) is 8.81. The highest BCUT2D eigenvalue weighted by atomic mass is 32.2. The molecule has 3 rings (SSSR count). The summed E-state index contributed by atoms with van der Waals surface area (Å²) in [6.07, 6.45) is 6.43. The molecule has 1 amide bonds. The number of nitrogens with zero attached hydrogens (tertiary/aromatic N) is 3. The van der Waals surface area contributed by atoms with Gasteiger partial charge in [0.25, 0.3) is 0 Å². The van der Waals surface area contributed by atoms with Crippen molar-refractivity contribution in [2.75, 3.05) is 5.75 Å². The van der Waals surface area contributed by atoms with Gasteiger partial charge in [0, 0.05) is 34.8 Å². The van der Waals surface area contributed by atoms with Crippen molar-refractivity contribution >= 4 is 16.7 Å². The van der Waals surface area contributed by atoms with Crippen LogP contribution in [-0.4, -0.2) is 36.3 Å². The van der Waals surface area contributed by atoms with Gasteiger partial charge >= 0.3 is 0 Å². The van der Waals surface area contributed by atoms with Gasteiger partial charge in [0.2, 0.25) is 5.91 Å². The van der Waals surface area contributed by atoms with Crippen molar-refractivity contribution in [1.82, 2.24) is 19.7 Å². The van der Waals surface area contributed by atoms with Crippen LogP contribution < -0.4 is 5.32 Å². The summed E-state index contributed by atoms with van der Waals surface area (Å²) in [5.41, 5.74) is 1.76. The predicted octanol–water partition coefficient (Wildman–Crippen LogP) is 2.83. The molecule has 0 aliphatic carbocycles. The quantitative estimate of drug-likeness (QED) is 0.649. The molecule has 0 unspecified atom stereocenters. The molecule has 2 aromatic heterocycles. The van der Waals surface area contributed by atoms with Gasteiger partial charge in [-0.2, -0.15) is 5.10 Å². The number of carbonyl (C=O) groups is 1. The smallest absolute Gasteiger partial charge is 0.232 e. The summed E-state index contributed by atoms with van der Waals surface area (Å²) in [6.45, 7) is 3.94. The predicted molar refractivity (Wildman–Crippen MR) is 108 cm³/mol. The highest BCUT2D eigenvalue weighted by Crippen LogP contribution is 2.21. The first-order valence-electron chi connectivity index (χ1n) is 8.98. The molecule has 1 N–H and O–H groups in total. The maximum atomic E-state index is 12.6. The number of benzene rings is 1. The highest BCUT2D eigenvalue weighted by molar-refractivity contribution is 7.84. The Labute approximate surface area is 161 Å². The number of hydrogen-bond acceptors (Lipinski definition) is 3. The van der Waals surface area contributed by atoms with Gasteiger partial charge in [-0.3, -0.25) is 9.00 Å². The number of para-hydroxylation sites is 1. The van der Waals surface area contributed by atoms with Gasteiger partial charge in [0.1, 0.15) is 11.6 Å². The van der Waals surface area contributed by atoms with E-state index in [0.717, 1.165) is 23.5 Å². The molecular weight excluding hydrogens is 360 g/mol. The molecule has 0 saturated carbocycles. The van der Waals surface area contributed by atoms with E-state index in [1.54, 1.807) is 6.20 Å². The van der Waals surface area contributed by atoms with Gasteiger partial charge in [0.05, 0.1) is 17.6 Å². The van der Waals surface area contributed by atoms with Crippen molar-refractivity contribution in [3.63, 3.8) is 0 Å². The van der Waals surface area contributed by atoms with Crippen molar-refractivity contribution < 1.29 is 9.00 Å². The Bertz CT molecular complexity index is 903. The molecule has 0 bridgehead atoms. The molecule has 0 spiro atoms. The van der Waals surface area contributed by atoms with Crippen LogP contribution in [0.2, 0.25) is 0 Å². The average Bonchev–Trinajstić information content (AvgIpc) is 3.31. The van der Waals surface area contributed by atoms with Crippen molar-refractivity contribution in [1.29, 1.82) is 0 Å². The molecule has 1 aromatic carbocycles. The zero-order valence-electron chi connectivity index (χ0n) is 15.5. The molecule has 142 valence electrons. The Hall–Kier alpha value is -2.67. The summed E-state index contributed by atoms with van der Waals surface area (Å²) in [7, 11) is -1.31. The first-order chi connectivity index (χ1) is 13.1. The van der Waals surface area contributed by atoms with Crippen molar-refractivity contribution in [2.24, 2.45) is 0 Å². The first kappa shape index (κ1) is 19.1. The van der Waals surface area contributed by atoms with Crippen molar-refractivity contribution in [2.45, 2.75) is 32.1 Å². The van der Waals surface area contributed by atoms with Gasteiger partial charge in [-0.05, 0) is 37.6 Å². The molecule has 27 heavy (non-hydrogen) atoms. The van der Waals surface area contributed by atoms with E-state index in [2.05, 4.69) is 10.4 Å². The lowest BCUT2D eigenvalue weighted by Gasteiger charge is -2.12. The molecular formula is C20H24N4O2S. The Balaban J connectivity index is 1.83. The van der Waals surface area contributed by atoms with E-state index < -0.39 is 10.8 Å². The van der Waals surface area contributed by atoms with Gasteiger partial charge in [-0.25, -0.2) is 4.68 Å². The lowest BCUT2D eigenvalue weighted by atomic mass is 10.3. The fraction of sp³-hybridized carbons (Fsp3) is 0.300. The van der Waals surface area contributed by atoms with Crippen LogP contribution in [-0.2, 0) is 21.3 Å². The van der Waals surface area contributed by atoms with Crippen LogP contribution in [0.3, 0.4) is 0 Å². The summed E-state index contributed by atoms with van der Waals surface area (Å²) in [4.78, 5) is 12.0. The van der Waals surface area contributed by atoms with Crippen molar-refractivity contribution in [3.8, 4) is 11.5 Å². The number of rotatable bonds is 8. The standard InChI is InChI=1S/C20H24N4O2S/c1-3-16(2)22-19(25)15-27(26)14-17-13-21-24(18-9-5-4-6-10-18)20(17)23-11-7-8-12-23/h4-13,16H,3,14-15H2,1-2H3,(H,22,25)/t16-,27+/m1/s1. The Kier molecular flexibility index (Phi) is 6.24. The molecule has 0 fully saturated rings. The third-order valence-electron chi connectivity index (χ3n) is 4.29. The van der Waals surface area contributed by atoms with Crippen LogP contribution in [0.5, 0.6) is 0 Å². The van der Waals surface area contributed by atoms with E-state index in [1.807, 2.05) is 78.0 Å². The number of amides is 1. The third kappa shape index (κ3) is 4.74. The molecule has 2 heterocycles. The maximum Gasteiger partial charge on any atom is 0.232 e. The topological polar surface area (TPSA) is 68.9 Å². The number of nitrogens with one attached hydrogen (secondary N) is 1. The Morgan fingerprint density at radius 1 is 1.19 bits per heavy atom. The minimum Gasteiger partial charge on any atom is -0.353 e. The minimum atomic E-state index is -1.31.